The van der Waals surface area contributed by atoms with Gasteiger partial charge in [-0.2, -0.15) is 0 Å². The van der Waals surface area contributed by atoms with Gasteiger partial charge in [0.05, 0.1) is 0 Å². The monoisotopic (exact) mass is 533 g/mol. The average molecular weight is 535 g/mol. The van der Waals surface area contributed by atoms with Gasteiger partial charge in [-0.15, -0.1) is 24.8 Å². The van der Waals surface area contributed by atoms with Gasteiger partial charge in [-0.25, -0.2) is 18.1 Å². The van der Waals surface area contributed by atoms with Crippen LogP contribution in [-0.2, 0) is 10.0 Å². The lowest BCUT2D eigenvalue weighted by Crippen LogP contribution is -2.33. The SMILES string of the molecule is Cl.Cl.O=C1CC=Cc2c1ccnc2S(=O)(=O)NCCNCC=Cc1ccc(Br)cc1. The number of allylic oxidation sites excluding steroid dienone is 1. The third kappa shape index (κ3) is 7.01. The van der Waals surface area contributed by atoms with E-state index in [4.69, 9.17) is 0 Å². The molecule has 0 spiro atoms. The fraction of sp³-hybridized carbons (Fsp3) is 0.200. The van der Waals surface area contributed by atoms with Crippen molar-refractivity contribution in [1.82, 2.24) is 15.0 Å². The van der Waals surface area contributed by atoms with Crippen molar-refractivity contribution in [3.63, 3.8) is 0 Å². The van der Waals surface area contributed by atoms with Crippen LogP contribution in [0.1, 0.15) is 27.9 Å². The van der Waals surface area contributed by atoms with Crippen LogP contribution in [0.5, 0.6) is 0 Å². The second-order valence-corrected chi connectivity index (χ2v) is 8.76. The Morgan fingerprint density at radius 3 is 2.57 bits per heavy atom. The summed E-state index contributed by atoms with van der Waals surface area (Å²) in [4.78, 5) is 15.9. The number of Topliss-reactive ketones (excluding diaryl/α,β-unsaturated/α-hetero) is 1. The molecule has 162 valence electrons. The fourth-order valence-electron chi connectivity index (χ4n) is 2.76. The van der Waals surface area contributed by atoms with E-state index < -0.39 is 10.0 Å². The van der Waals surface area contributed by atoms with Gasteiger partial charge in [-0.1, -0.05) is 52.4 Å². The Hall–Kier alpha value is -1.55. The second-order valence-electron chi connectivity index (χ2n) is 6.16. The number of rotatable bonds is 8. The minimum absolute atomic E-state index is 0. The maximum absolute atomic E-state index is 12.5. The summed E-state index contributed by atoms with van der Waals surface area (Å²) >= 11 is 3.39. The predicted molar refractivity (Wildman–Crippen MR) is 128 cm³/mol. The van der Waals surface area contributed by atoms with Gasteiger partial charge in [0.25, 0.3) is 10.0 Å². The van der Waals surface area contributed by atoms with Gasteiger partial charge >= 0.3 is 0 Å². The number of ketones is 1. The van der Waals surface area contributed by atoms with Crippen molar-refractivity contribution in [2.45, 2.75) is 11.4 Å². The molecular weight excluding hydrogens is 513 g/mol. The Balaban J connectivity index is 0.00000225. The number of pyridine rings is 1. The summed E-state index contributed by atoms with van der Waals surface area (Å²) in [5.74, 6) is -0.101. The molecule has 0 aliphatic heterocycles. The van der Waals surface area contributed by atoms with Crippen molar-refractivity contribution in [3.8, 4) is 0 Å². The molecule has 0 amide bonds. The maximum atomic E-state index is 12.5. The van der Waals surface area contributed by atoms with Gasteiger partial charge in [0.15, 0.2) is 10.8 Å². The van der Waals surface area contributed by atoms with Crippen LogP contribution in [0.15, 0.2) is 58.2 Å². The molecule has 0 atom stereocenters. The lowest BCUT2D eigenvalue weighted by Gasteiger charge is -2.14. The zero-order chi connectivity index (χ0) is 20.0. The van der Waals surface area contributed by atoms with Gasteiger partial charge in [0.1, 0.15) is 0 Å². The standard InChI is InChI=1S/C20H20BrN3O3S.2ClH/c21-16-8-6-15(7-9-16)3-2-11-22-13-14-24-28(26,27)20-18-4-1-5-19(25)17(18)10-12-23-20;;/h1-4,6-10,12,22,24H,5,11,13-14H2;2*1H. The summed E-state index contributed by atoms with van der Waals surface area (Å²) < 4.78 is 28.7. The summed E-state index contributed by atoms with van der Waals surface area (Å²) in [5.41, 5.74) is 1.85. The van der Waals surface area contributed by atoms with Crippen molar-refractivity contribution in [3.05, 3.63) is 69.8 Å². The van der Waals surface area contributed by atoms with Crippen LogP contribution in [0.25, 0.3) is 12.2 Å². The summed E-state index contributed by atoms with van der Waals surface area (Å²) in [7, 11) is -3.79. The molecule has 3 rings (SSSR count). The van der Waals surface area contributed by atoms with Crippen LogP contribution in [0, 0.1) is 0 Å². The molecule has 1 aromatic heterocycles. The third-order valence-corrected chi connectivity index (χ3v) is 6.08. The number of fused-ring (bicyclic) bond motifs is 1. The average Bonchev–Trinajstić information content (AvgIpc) is 2.68. The Morgan fingerprint density at radius 2 is 1.83 bits per heavy atom. The number of carbonyl (C=O) groups is 1. The van der Waals surface area contributed by atoms with Gasteiger partial charge in [-0.3, -0.25) is 4.79 Å². The minimum atomic E-state index is -3.79. The van der Waals surface area contributed by atoms with E-state index in [1.54, 1.807) is 18.2 Å². The van der Waals surface area contributed by atoms with Gasteiger partial charge in [0, 0.05) is 47.9 Å². The molecule has 2 N–H and O–H groups in total. The number of benzene rings is 1. The Labute approximate surface area is 197 Å². The molecule has 1 aromatic carbocycles. The first kappa shape index (κ1) is 26.5. The molecular formula is C20H22BrCl2N3O3S. The van der Waals surface area contributed by atoms with Crippen LogP contribution in [-0.4, -0.2) is 38.8 Å². The summed E-state index contributed by atoms with van der Waals surface area (Å²) in [6.07, 6.45) is 8.90. The quantitative estimate of drug-likeness (QED) is 0.502. The van der Waals surface area contributed by atoms with Crippen LogP contribution >= 0.6 is 40.7 Å². The van der Waals surface area contributed by atoms with Crippen molar-refractivity contribution in [2.24, 2.45) is 0 Å². The summed E-state index contributed by atoms with van der Waals surface area (Å²) in [5, 5.41) is 3.04. The molecule has 10 heteroatoms. The van der Waals surface area contributed by atoms with E-state index >= 15 is 0 Å². The van der Waals surface area contributed by atoms with Crippen molar-refractivity contribution in [1.29, 1.82) is 0 Å². The third-order valence-electron chi connectivity index (χ3n) is 4.13. The van der Waals surface area contributed by atoms with E-state index in [1.165, 1.54) is 6.20 Å². The summed E-state index contributed by atoms with van der Waals surface area (Å²) in [6.45, 7) is 1.30. The molecule has 0 bridgehead atoms. The largest absolute Gasteiger partial charge is 0.312 e. The van der Waals surface area contributed by atoms with Gasteiger partial charge in [0.2, 0.25) is 0 Å². The molecule has 1 heterocycles. The molecule has 1 aliphatic rings. The van der Waals surface area contributed by atoms with Crippen molar-refractivity contribution < 1.29 is 13.2 Å². The van der Waals surface area contributed by atoms with Crippen LogP contribution in [0.4, 0.5) is 0 Å². The molecule has 0 saturated carbocycles. The highest BCUT2D eigenvalue weighted by atomic mass is 79.9. The number of nitrogens with one attached hydrogen (secondary N) is 2. The number of hydrogen-bond donors (Lipinski definition) is 2. The topological polar surface area (TPSA) is 88.2 Å². The lowest BCUT2D eigenvalue weighted by atomic mass is 9.98. The normalized spacial score (nSPS) is 12.9. The molecule has 0 saturated heterocycles. The molecule has 1 aliphatic carbocycles. The molecule has 30 heavy (non-hydrogen) atoms. The first-order chi connectivity index (χ1) is 13.5. The van der Waals surface area contributed by atoms with E-state index in [0.29, 0.717) is 24.2 Å². The highest BCUT2D eigenvalue weighted by Crippen LogP contribution is 2.24. The highest BCUT2D eigenvalue weighted by molar-refractivity contribution is 9.10. The Bertz CT molecular complexity index is 1030. The molecule has 0 unspecified atom stereocenters. The number of hydrogen-bond acceptors (Lipinski definition) is 5. The number of nitrogens with zero attached hydrogens (tertiary/aromatic N) is 1. The van der Waals surface area contributed by atoms with Crippen molar-refractivity contribution in [2.75, 3.05) is 19.6 Å². The number of sulfonamides is 1. The lowest BCUT2D eigenvalue weighted by molar-refractivity contribution is 0.0994. The van der Waals surface area contributed by atoms with E-state index in [2.05, 4.69) is 31.0 Å². The molecule has 0 fully saturated rings. The Kier molecular flexibility index (Phi) is 10.9. The summed E-state index contributed by atoms with van der Waals surface area (Å²) in [6, 6.07) is 9.50. The minimum Gasteiger partial charge on any atom is -0.312 e. The molecule has 2 aromatic rings. The highest BCUT2D eigenvalue weighted by Gasteiger charge is 2.24. The predicted octanol–water partition coefficient (Wildman–Crippen LogP) is 3.87. The van der Waals surface area contributed by atoms with Gasteiger partial charge in [-0.05, 0) is 23.8 Å². The number of halogens is 3. The van der Waals surface area contributed by atoms with E-state index in [-0.39, 0.29) is 48.6 Å². The molecule has 6 nitrogen and oxygen atoms in total. The Morgan fingerprint density at radius 1 is 1.10 bits per heavy atom. The van der Waals surface area contributed by atoms with Crippen LogP contribution in [0.3, 0.4) is 0 Å². The number of carbonyl (C=O) groups excluding carboxylic acids is 1. The first-order valence-electron chi connectivity index (χ1n) is 8.78. The van der Waals surface area contributed by atoms with Crippen LogP contribution < -0.4 is 10.0 Å². The van der Waals surface area contributed by atoms with E-state index in [1.807, 2.05) is 36.4 Å². The van der Waals surface area contributed by atoms with Gasteiger partial charge < -0.3 is 5.32 Å². The van der Waals surface area contributed by atoms with Crippen molar-refractivity contribution >= 4 is 68.7 Å². The van der Waals surface area contributed by atoms with Crippen LogP contribution in [0.2, 0.25) is 0 Å². The zero-order valence-corrected chi connectivity index (χ0v) is 19.9. The fourth-order valence-corrected chi connectivity index (χ4v) is 4.20. The first-order valence-corrected chi connectivity index (χ1v) is 11.1. The smallest absolute Gasteiger partial charge is 0.258 e. The van der Waals surface area contributed by atoms with E-state index in [9.17, 15) is 13.2 Å². The zero-order valence-electron chi connectivity index (χ0n) is 15.9. The van der Waals surface area contributed by atoms with E-state index in [0.717, 1.165) is 10.0 Å². The molecule has 0 radical (unpaired) electrons. The second kappa shape index (κ2) is 12.3. The number of aromatic nitrogens is 1. The maximum Gasteiger partial charge on any atom is 0.258 e.